The molecule has 0 heterocycles. The fourth-order valence-corrected chi connectivity index (χ4v) is 6.42. The maximum atomic E-state index is 11.5. The van der Waals surface area contributed by atoms with Crippen molar-refractivity contribution in [1.82, 2.24) is 4.90 Å². The second kappa shape index (κ2) is 18.2. The summed E-state index contributed by atoms with van der Waals surface area (Å²) in [6, 6.07) is 55.6. The van der Waals surface area contributed by atoms with Crippen molar-refractivity contribution in [3.8, 4) is 5.75 Å². The Labute approximate surface area is 303 Å². The quantitative estimate of drug-likeness (QED) is 0.101. The van der Waals surface area contributed by atoms with Crippen molar-refractivity contribution in [2.45, 2.75) is 45.2 Å². The van der Waals surface area contributed by atoms with Crippen molar-refractivity contribution in [3.63, 3.8) is 0 Å². The van der Waals surface area contributed by atoms with E-state index in [4.69, 9.17) is 4.74 Å². The summed E-state index contributed by atoms with van der Waals surface area (Å²) in [6.45, 7) is 5.78. The summed E-state index contributed by atoms with van der Waals surface area (Å²) in [5.74, 6) is 0.830. The van der Waals surface area contributed by atoms with Gasteiger partial charge in [0.2, 0.25) is 0 Å². The monoisotopic (exact) mass is 676 g/mol. The average molecular weight is 677 g/mol. The van der Waals surface area contributed by atoms with Crippen LogP contribution < -0.4 is 9.64 Å². The number of ether oxygens (including phenoxy) is 1. The highest BCUT2D eigenvalue weighted by molar-refractivity contribution is 5.49. The van der Waals surface area contributed by atoms with E-state index in [1.807, 2.05) is 85.8 Å². The van der Waals surface area contributed by atoms with E-state index in [9.17, 15) is 10.2 Å². The van der Waals surface area contributed by atoms with Crippen LogP contribution in [-0.4, -0.2) is 34.7 Å². The fourth-order valence-electron chi connectivity index (χ4n) is 6.42. The van der Waals surface area contributed by atoms with Crippen molar-refractivity contribution in [2.24, 2.45) is 0 Å². The van der Waals surface area contributed by atoms with Gasteiger partial charge in [0.25, 0.3) is 0 Å². The van der Waals surface area contributed by atoms with E-state index in [0.29, 0.717) is 26.2 Å². The third-order valence-corrected chi connectivity index (χ3v) is 9.31. The first-order valence-corrected chi connectivity index (χ1v) is 17.8. The van der Waals surface area contributed by atoms with E-state index in [1.165, 1.54) is 16.7 Å². The Balaban J connectivity index is 1.12. The van der Waals surface area contributed by atoms with Gasteiger partial charge in [-0.1, -0.05) is 140 Å². The Bertz CT molecular complexity index is 1880. The van der Waals surface area contributed by atoms with Crippen LogP contribution in [0, 0.1) is 6.92 Å². The molecule has 0 bridgehead atoms. The number of aliphatic hydroxyl groups is 2. The zero-order chi connectivity index (χ0) is 35.3. The van der Waals surface area contributed by atoms with Gasteiger partial charge in [-0.05, 0) is 76.6 Å². The Morgan fingerprint density at radius 2 is 1.08 bits per heavy atom. The van der Waals surface area contributed by atoms with E-state index >= 15 is 0 Å². The van der Waals surface area contributed by atoms with Crippen LogP contribution >= 0.6 is 0 Å². The number of rotatable bonds is 17. The lowest BCUT2D eigenvalue weighted by molar-refractivity contribution is 0.109. The van der Waals surface area contributed by atoms with Crippen LogP contribution in [0.1, 0.15) is 51.2 Å². The van der Waals surface area contributed by atoms with Gasteiger partial charge in [-0.3, -0.25) is 4.90 Å². The summed E-state index contributed by atoms with van der Waals surface area (Å²) >= 11 is 0. The maximum absolute atomic E-state index is 11.5. The molecule has 0 aliphatic rings. The second-order valence-electron chi connectivity index (χ2n) is 13.2. The van der Waals surface area contributed by atoms with Gasteiger partial charge in [0.1, 0.15) is 12.4 Å². The van der Waals surface area contributed by atoms with Gasteiger partial charge in [0, 0.05) is 38.4 Å². The molecule has 2 N–H and O–H groups in total. The molecule has 6 aromatic carbocycles. The average Bonchev–Trinajstić information content (AvgIpc) is 3.18. The molecule has 6 rings (SSSR count). The molecule has 0 aromatic heterocycles. The minimum Gasteiger partial charge on any atom is -0.489 e. The molecular formula is C46H48N2O3. The third kappa shape index (κ3) is 10.6. The number of benzene rings is 6. The van der Waals surface area contributed by atoms with Crippen LogP contribution in [0.5, 0.6) is 5.75 Å². The highest BCUT2D eigenvalue weighted by atomic mass is 16.5. The highest BCUT2D eigenvalue weighted by Crippen LogP contribution is 2.26. The molecule has 0 amide bonds. The first-order chi connectivity index (χ1) is 25.0. The standard InChI is InChI=1S/C46H48N2O3/c1-36-30-42(24-27-46(36)51-35-40-18-10-4-11-19-40)44(49)33-47(31-38-14-6-2-7-15-38)29-28-37-22-25-43(26-23-37)48(32-39-16-8-3-9-17-39)34-45(50)41-20-12-5-13-21-41/h2-27,30,44-45,49-50H,28-29,31-35H2,1H3/t44-,45+/m0/s1. The van der Waals surface area contributed by atoms with Gasteiger partial charge >= 0.3 is 0 Å². The minimum atomic E-state index is -0.638. The lowest BCUT2D eigenvalue weighted by Crippen LogP contribution is -2.30. The predicted molar refractivity (Wildman–Crippen MR) is 208 cm³/mol. The Kier molecular flexibility index (Phi) is 12.7. The van der Waals surface area contributed by atoms with Gasteiger partial charge < -0.3 is 19.8 Å². The molecule has 0 unspecified atom stereocenters. The Morgan fingerprint density at radius 3 is 1.69 bits per heavy atom. The second-order valence-corrected chi connectivity index (χ2v) is 13.2. The van der Waals surface area contributed by atoms with E-state index in [1.54, 1.807) is 0 Å². The number of aliphatic hydroxyl groups excluding tert-OH is 2. The van der Waals surface area contributed by atoms with Gasteiger partial charge in [-0.25, -0.2) is 0 Å². The van der Waals surface area contributed by atoms with Crippen LogP contribution in [0.15, 0.2) is 164 Å². The molecule has 0 radical (unpaired) electrons. The minimum absolute atomic E-state index is 0.487. The number of aryl methyl sites for hydroxylation is 1. The van der Waals surface area contributed by atoms with Crippen molar-refractivity contribution >= 4 is 5.69 Å². The van der Waals surface area contributed by atoms with Gasteiger partial charge in [-0.15, -0.1) is 0 Å². The first kappa shape index (κ1) is 35.6. The molecule has 5 nitrogen and oxygen atoms in total. The molecule has 5 heteroatoms. The van der Waals surface area contributed by atoms with Crippen LogP contribution in [0.2, 0.25) is 0 Å². The van der Waals surface area contributed by atoms with Crippen LogP contribution in [0.4, 0.5) is 5.69 Å². The molecule has 260 valence electrons. The molecule has 0 aliphatic carbocycles. The maximum Gasteiger partial charge on any atom is 0.122 e. The molecular weight excluding hydrogens is 629 g/mol. The molecule has 0 spiro atoms. The lowest BCUT2D eigenvalue weighted by Gasteiger charge is -2.28. The molecule has 51 heavy (non-hydrogen) atoms. The Hall–Kier alpha value is -5.20. The van der Waals surface area contributed by atoms with Crippen molar-refractivity contribution in [1.29, 1.82) is 0 Å². The van der Waals surface area contributed by atoms with E-state index in [0.717, 1.165) is 53.2 Å². The molecule has 0 fully saturated rings. The van der Waals surface area contributed by atoms with E-state index in [2.05, 4.69) is 94.7 Å². The van der Waals surface area contributed by atoms with Crippen molar-refractivity contribution in [2.75, 3.05) is 24.5 Å². The van der Waals surface area contributed by atoms with Gasteiger partial charge in [-0.2, -0.15) is 0 Å². The first-order valence-electron chi connectivity index (χ1n) is 17.8. The van der Waals surface area contributed by atoms with Gasteiger partial charge in [0.05, 0.1) is 12.2 Å². The zero-order valence-electron chi connectivity index (χ0n) is 29.4. The Morgan fingerprint density at radius 1 is 0.529 bits per heavy atom. The summed E-state index contributed by atoms with van der Waals surface area (Å²) in [6.07, 6.45) is -0.397. The SMILES string of the molecule is Cc1cc([C@@H](O)CN(CCc2ccc(N(Cc3ccccc3)C[C@@H](O)c3ccccc3)cc2)Cc2ccccc2)ccc1OCc1ccccc1. The van der Waals surface area contributed by atoms with E-state index in [-0.39, 0.29) is 0 Å². The highest BCUT2D eigenvalue weighted by Gasteiger charge is 2.18. The summed E-state index contributed by atoms with van der Waals surface area (Å²) in [5, 5.41) is 22.6. The zero-order valence-corrected chi connectivity index (χ0v) is 29.4. The normalized spacial score (nSPS) is 12.4. The lowest BCUT2D eigenvalue weighted by atomic mass is 10.0. The topological polar surface area (TPSA) is 56.2 Å². The van der Waals surface area contributed by atoms with E-state index < -0.39 is 12.2 Å². The molecule has 2 atom stereocenters. The predicted octanol–water partition coefficient (Wildman–Crippen LogP) is 9.09. The van der Waals surface area contributed by atoms with Crippen LogP contribution in [0.3, 0.4) is 0 Å². The largest absolute Gasteiger partial charge is 0.489 e. The molecule has 0 saturated carbocycles. The summed E-state index contributed by atoms with van der Waals surface area (Å²) in [5.41, 5.74) is 8.64. The molecule has 0 saturated heterocycles. The van der Waals surface area contributed by atoms with Crippen LogP contribution in [0.25, 0.3) is 0 Å². The summed E-state index contributed by atoms with van der Waals surface area (Å²) in [4.78, 5) is 4.58. The molecule has 0 aliphatic heterocycles. The number of nitrogens with zero attached hydrogens (tertiary/aromatic N) is 2. The third-order valence-electron chi connectivity index (χ3n) is 9.31. The van der Waals surface area contributed by atoms with Crippen molar-refractivity contribution < 1.29 is 14.9 Å². The number of anilines is 1. The summed E-state index contributed by atoms with van der Waals surface area (Å²) in [7, 11) is 0. The fraction of sp³-hybridized carbons (Fsp3) is 0.217. The molecule has 6 aromatic rings. The van der Waals surface area contributed by atoms with Gasteiger partial charge in [0.15, 0.2) is 0 Å². The smallest absolute Gasteiger partial charge is 0.122 e. The summed E-state index contributed by atoms with van der Waals surface area (Å²) < 4.78 is 6.09. The number of hydrogen-bond donors (Lipinski definition) is 2. The van der Waals surface area contributed by atoms with Crippen molar-refractivity contribution in [3.05, 3.63) is 203 Å². The number of hydrogen-bond acceptors (Lipinski definition) is 5. The van der Waals surface area contributed by atoms with Crippen LogP contribution in [-0.2, 0) is 26.1 Å².